The summed E-state index contributed by atoms with van der Waals surface area (Å²) in [5.41, 5.74) is 2.55. The fourth-order valence-electron chi connectivity index (χ4n) is 1.76. The number of halogens is 1. The molecule has 0 saturated heterocycles. The van der Waals surface area contributed by atoms with Crippen molar-refractivity contribution < 1.29 is 0 Å². The molecule has 0 unspecified atom stereocenters. The first-order valence-electron chi connectivity index (χ1n) is 5.54. The van der Waals surface area contributed by atoms with Gasteiger partial charge < -0.3 is 0 Å². The maximum absolute atomic E-state index is 5.45. The van der Waals surface area contributed by atoms with Gasteiger partial charge in [-0.05, 0) is 23.3 Å². The third-order valence-electron chi connectivity index (χ3n) is 2.53. The molecule has 0 aromatic heterocycles. The van der Waals surface area contributed by atoms with Crippen molar-refractivity contribution >= 4 is 33.0 Å². The Hall–Kier alpha value is -0.990. The Kier molecular flexibility index (Phi) is 4.46. The van der Waals surface area contributed by atoms with E-state index in [0.29, 0.717) is 0 Å². The third-order valence-corrected chi connectivity index (χ3v) is 3.32. The van der Waals surface area contributed by atoms with Gasteiger partial charge in [-0.1, -0.05) is 70.6 Å². The van der Waals surface area contributed by atoms with E-state index in [1.807, 2.05) is 18.2 Å². The number of rotatable bonds is 4. The van der Waals surface area contributed by atoms with Crippen molar-refractivity contribution in [2.45, 2.75) is 12.8 Å². The Bertz CT molecular complexity index is 505. The van der Waals surface area contributed by atoms with Gasteiger partial charge in [-0.15, -0.1) is 0 Å². The summed E-state index contributed by atoms with van der Waals surface area (Å²) in [5.74, 6) is 0. The first-order chi connectivity index (χ1) is 8.24. The van der Waals surface area contributed by atoms with Gasteiger partial charge in [0.05, 0.1) is 0 Å². The van der Waals surface area contributed by atoms with Gasteiger partial charge in [0, 0.05) is 22.2 Å². The summed E-state index contributed by atoms with van der Waals surface area (Å²) in [6, 6.07) is 18.7. The normalized spacial score (nSPS) is 10.2. The van der Waals surface area contributed by atoms with E-state index in [-0.39, 0.29) is 0 Å². The summed E-state index contributed by atoms with van der Waals surface area (Å²) >= 11 is 8.92. The van der Waals surface area contributed by atoms with Gasteiger partial charge in [0.15, 0.2) is 0 Å². The van der Waals surface area contributed by atoms with Crippen LogP contribution in [0, 0.1) is 0 Å². The van der Waals surface area contributed by atoms with E-state index in [2.05, 4.69) is 52.3 Å². The number of hydrogen-bond donors (Lipinski definition) is 0. The molecule has 0 aliphatic rings. The fourth-order valence-corrected chi connectivity index (χ4v) is 2.54. The number of thiocarbonyl (C=S) groups is 1. The minimum absolute atomic E-state index is 0.865. The molecule has 0 aliphatic heterocycles. The Morgan fingerprint density at radius 3 is 2.24 bits per heavy atom. The standard InChI is InChI=1S/C15H13BrS/c16-14-8-4-7-13(9-14)11-15(17)10-12-5-2-1-3-6-12/h1-9H,10-11H2. The van der Waals surface area contributed by atoms with Gasteiger partial charge in [-0.2, -0.15) is 0 Å². The van der Waals surface area contributed by atoms with Crippen LogP contribution in [0.5, 0.6) is 0 Å². The summed E-state index contributed by atoms with van der Waals surface area (Å²) in [5, 5.41) is 0. The van der Waals surface area contributed by atoms with Crippen LogP contribution in [0.25, 0.3) is 0 Å². The van der Waals surface area contributed by atoms with Crippen LogP contribution in [0.3, 0.4) is 0 Å². The molecule has 0 amide bonds. The molecule has 0 fully saturated rings. The lowest BCUT2D eigenvalue weighted by atomic mass is 10.0. The molecule has 86 valence electrons. The molecule has 0 N–H and O–H groups in total. The van der Waals surface area contributed by atoms with Gasteiger partial charge in [-0.25, -0.2) is 0 Å². The maximum Gasteiger partial charge on any atom is 0.0178 e. The summed E-state index contributed by atoms with van der Waals surface area (Å²) in [6.45, 7) is 0. The second-order valence-corrected chi connectivity index (χ2v) is 5.50. The van der Waals surface area contributed by atoms with Crippen LogP contribution in [0.15, 0.2) is 59.1 Å². The van der Waals surface area contributed by atoms with E-state index in [0.717, 1.165) is 22.2 Å². The minimum atomic E-state index is 0.865. The van der Waals surface area contributed by atoms with Gasteiger partial charge in [0.1, 0.15) is 0 Å². The molecule has 2 heteroatoms. The molecular weight excluding hydrogens is 292 g/mol. The first kappa shape index (κ1) is 12.5. The molecule has 2 aromatic rings. The molecule has 0 aliphatic carbocycles. The quantitative estimate of drug-likeness (QED) is 0.744. The fraction of sp³-hybridized carbons (Fsp3) is 0.133. The zero-order valence-corrected chi connectivity index (χ0v) is 11.8. The lowest BCUT2D eigenvalue weighted by Crippen LogP contribution is -2.03. The van der Waals surface area contributed by atoms with Crippen LogP contribution in [-0.4, -0.2) is 4.86 Å². The maximum atomic E-state index is 5.45. The average Bonchev–Trinajstić information content (AvgIpc) is 2.30. The van der Waals surface area contributed by atoms with Crippen LogP contribution < -0.4 is 0 Å². The van der Waals surface area contributed by atoms with Crippen molar-refractivity contribution in [1.82, 2.24) is 0 Å². The van der Waals surface area contributed by atoms with E-state index < -0.39 is 0 Å². The second-order valence-electron chi connectivity index (χ2n) is 4.01. The number of benzene rings is 2. The summed E-state index contributed by atoms with van der Waals surface area (Å²) in [7, 11) is 0. The van der Waals surface area contributed by atoms with E-state index in [1.54, 1.807) is 0 Å². The highest BCUT2D eigenvalue weighted by Gasteiger charge is 2.01. The lowest BCUT2D eigenvalue weighted by Gasteiger charge is -2.05. The highest BCUT2D eigenvalue weighted by Crippen LogP contribution is 2.13. The smallest absolute Gasteiger partial charge is 0.0178 e. The molecule has 0 radical (unpaired) electrons. The predicted molar refractivity (Wildman–Crippen MR) is 80.6 cm³/mol. The zero-order chi connectivity index (χ0) is 12.1. The van der Waals surface area contributed by atoms with E-state index >= 15 is 0 Å². The summed E-state index contributed by atoms with van der Waals surface area (Å²) in [4.78, 5) is 1.08. The zero-order valence-electron chi connectivity index (χ0n) is 9.40. The van der Waals surface area contributed by atoms with Crippen LogP contribution >= 0.6 is 28.1 Å². The van der Waals surface area contributed by atoms with Crippen molar-refractivity contribution in [3.8, 4) is 0 Å². The van der Waals surface area contributed by atoms with Crippen LogP contribution in [-0.2, 0) is 12.8 Å². The molecule has 0 saturated carbocycles. The Labute approximate surface area is 116 Å². The molecule has 17 heavy (non-hydrogen) atoms. The molecule has 0 spiro atoms. The van der Waals surface area contributed by atoms with Crippen molar-refractivity contribution in [3.05, 3.63) is 70.2 Å². The first-order valence-corrected chi connectivity index (χ1v) is 6.74. The highest BCUT2D eigenvalue weighted by molar-refractivity contribution is 9.10. The van der Waals surface area contributed by atoms with Crippen molar-refractivity contribution in [2.75, 3.05) is 0 Å². The van der Waals surface area contributed by atoms with Crippen LogP contribution in [0.2, 0.25) is 0 Å². The number of hydrogen-bond acceptors (Lipinski definition) is 1. The van der Waals surface area contributed by atoms with Gasteiger partial charge >= 0.3 is 0 Å². The lowest BCUT2D eigenvalue weighted by molar-refractivity contribution is 1.25. The van der Waals surface area contributed by atoms with Gasteiger partial charge in [-0.3, -0.25) is 0 Å². The van der Waals surface area contributed by atoms with Gasteiger partial charge in [0.25, 0.3) is 0 Å². The molecule has 0 heterocycles. The van der Waals surface area contributed by atoms with Crippen molar-refractivity contribution in [1.29, 1.82) is 0 Å². The van der Waals surface area contributed by atoms with Crippen molar-refractivity contribution in [3.63, 3.8) is 0 Å². The highest BCUT2D eigenvalue weighted by atomic mass is 79.9. The summed E-state index contributed by atoms with van der Waals surface area (Å²) < 4.78 is 1.11. The monoisotopic (exact) mass is 304 g/mol. The Balaban J connectivity index is 1.98. The van der Waals surface area contributed by atoms with Crippen LogP contribution in [0.1, 0.15) is 11.1 Å². The Morgan fingerprint density at radius 2 is 1.53 bits per heavy atom. The second kappa shape index (κ2) is 6.08. The Morgan fingerprint density at radius 1 is 0.882 bits per heavy atom. The SMILES string of the molecule is S=C(Cc1ccccc1)Cc1cccc(Br)c1. The predicted octanol–water partition coefficient (Wildman–Crippen LogP) is 4.60. The van der Waals surface area contributed by atoms with Crippen LogP contribution in [0.4, 0.5) is 0 Å². The molecule has 0 atom stereocenters. The van der Waals surface area contributed by atoms with E-state index in [9.17, 15) is 0 Å². The minimum Gasteiger partial charge on any atom is -0.0890 e. The topological polar surface area (TPSA) is 0 Å². The van der Waals surface area contributed by atoms with Gasteiger partial charge in [0.2, 0.25) is 0 Å². The average molecular weight is 305 g/mol. The van der Waals surface area contributed by atoms with E-state index in [1.165, 1.54) is 11.1 Å². The van der Waals surface area contributed by atoms with E-state index in [4.69, 9.17) is 12.2 Å². The summed E-state index contributed by atoms with van der Waals surface area (Å²) in [6.07, 6.45) is 1.74. The molecule has 2 aromatic carbocycles. The molecular formula is C15H13BrS. The molecule has 0 bridgehead atoms. The molecule has 2 rings (SSSR count). The van der Waals surface area contributed by atoms with Crippen molar-refractivity contribution in [2.24, 2.45) is 0 Å². The third kappa shape index (κ3) is 4.06. The molecule has 0 nitrogen and oxygen atoms in total. The largest absolute Gasteiger partial charge is 0.0890 e.